The maximum Gasteiger partial charge on any atom is 0.416 e. The predicted octanol–water partition coefficient (Wildman–Crippen LogP) is 7.97. The van der Waals surface area contributed by atoms with Gasteiger partial charge < -0.3 is 9.64 Å². The fraction of sp³-hybridized carbons (Fsp3) is 0.333. The standard InChI is InChI=1S/C27H21Br2F3N2O5/c1-33-17-4-2-6-20(35)24(17)23(25-18(33)5-3-7-21(25)36)13-10-15(28)26(16(29)11-13)39-22-9-8-14(27(30,31)32)12-19(22)34(37)38/h8-12,23H,2-7H2,1H3. The number of rotatable bonds is 4. The molecule has 0 atom stereocenters. The molecule has 0 aromatic heterocycles. The number of nitrogens with zero attached hydrogens (tertiary/aromatic N) is 2. The summed E-state index contributed by atoms with van der Waals surface area (Å²) in [6.07, 6.45) is -1.06. The van der Waals surface area contributed by atoms with E-state index in [1.807, 2.05) is 11.9 Å². The van der Waals surface area contributed by atoms with Gasteiger partial charge in [0, 0.05) is 54.4 Å². The number of ketones is 2. The van der Waals surface area contributed by atoms with Crippen molar-refractivity contribution >= 4 is 49.1 Å². The van der Waals surface area contributed by atoms with Crippen LogP contribution in [0.4, 0.5) is 18.9 Å². The van der Waals surface area contributed by atoms with Crippen LogP contribution in [-0.4, -0.2) is 28.4 Å². The number of allylic oxidation sites excluding steroid dienone is 4. The molecule has 1 heterocycles. The third-order valence-electron chi connectivity index (χ3n) is 7.29. The lowest BCUT2D eigenvalue weighted by Gasteiger charge is -2.42. The first kappa shape index (κ1) is 27.6. The lowest BCUT2D eigenvalue weighted by molar-refractivity contribution is -0.385. The summed E-state index contributed by atoms with van der Waals surface area (Å²) in [6, 6.07) is 5.41. The van der Waals surface area contributed by atoms with Crippen LogP contribution in [0.25, 0.3) is 0 Å². The first-order valence-corrected chi connectivity index (χ1v) is 13.8. The van der Waals surface area contributed by atoms with Crippen molar-refractivity contribution < 1.29 is 32.4 Å². The SMILES string of the molecule is CN1C2=C(C(=O)CCC2)C(c2cc(Br)c(Oc3ccc(C(F)(F)F)cc3[N+](=O)[O-])c(Br)c2)C2=C1CCCC2=O. The number of nitro benzene ring substituents is 1. The molecule has 39 heavy (non-hydrogen) atoms. The summed E-state index contributed by atoms with van der Waals surface area (Å²) in [7, 11) is 1.90. The van der Waals surface area contributed by atoms with Crippen LogP contribution in [-0.2, 0) is 15.8 Å². The van der Waals surface area contributed by atoms with Gasteiger partial charge in [-0.2, -0.15) is 13.2 Å². The van der Waals surface area contributed by atoms with Gasteiger partial charge >= 0.3 is 11.9 Å². The van der Waals surface area contributed by atoms with Gasteiger partial charge in [0.05, 0.1) is 19.4 Å². The maximum absolute atomic E-state index is 13.2. The van der Waals surface area contributed by atoms with E-state index in [9.17, 15) is 32.9 Å². The van der Waals surface area contributed by atoms with Crippen molar-refractivity contribution in [2.24, 2.45) is 0 Å². The van der Waals surface area contributed by atoms with Gasteiger partial charge in [-0.3, -0.25) is 19.7 Å². The lowest BCUT2D eigenvalue weighted by atomic mass is 9.71. The Morgan fingerprint density at radius 1 is 0.949 bits per heavy atom. The summed E-state index contributed by atoms with van der Waals surface area (Å²) in [5.74, 6) is -0.866. The normalized spacial score (nSPS) is 18.4. The molecule has 0 amide bonds. The highest BCUT2D eigenvalue weighted by molar-refractivity contribution is 9.11. The molecule has 0 bridgehead atoms. The predicted molar refractivity (Wildman–Crippen MR) is 142 cm³/mol. The number of nitro groups is 1. The fourth-order valence-electron chi connectivity index (χ4n) is 5.56. The third-order valence-corrected chi connectivity index (χ3v) is 8.47. The van der Waals surface area contributed by atoms with Crippen LogP contribution < -0.4 is 4.74 Å². The van der Waals surface area contributed by atoms with Crippen LogP contribution in [0.3, 0.4) is 0 Å². The molecule has 2 aromatic rings. The van der Waals surface area contributed by atoms with Crippen LogP contribution in [0, 0.1) is 10.1 Å². The Bertz CT molecular complexity index is 1430. The third kappa shape index (κ3) is 4.93. The average molecular weight is 670 g/mol. The molecule has 2 aliphatic carbocycles. The summed E-state index contributed by atoms with van der Waals surface area (Å²) in [6.45, 7) is 0. The minimum absolute atomic E-state index is 0.00836. The van der Waals surface area contributed by atoms with Crippen molar-refractivity contribution in [3.8, 4) is 11.5 Å². The Kier molecular flexibility index (Phi) is 7.21. The van der Waals surface area contributed by atoms with E-state index >= 15 is 0 Å². The van der Waals surface area contributed by atoms with Crippen molar-refractivity contribution in [3.05, 3.63) is 83.1 Å². The molecule has 5 rings (SSSR count). The summed E-state index contributed by atoms with van der Waals surface area (Å²) in [5.41, 5.74) is 1.68. The Morgan fingerprint density at radius 2 is 1.49 bits per heavy atom. The number of carbonyl (C=O) groups is 2. The molecule has 0 spiro atoms. The number of hydrogen-bond donors (Lipinski definition) is 0. The molecule has 3 aliphatic rings. The second-order valence-corrected chi connectivity index (χ2v) is 11.3. The van der Waals surface area contributed by atoms with Crippen LogP contribution in [0.1, 0.15) is 55.6 Å². The van der Waals surface area contributed by atoms with E-state index in [0.29, 0.717) is 50.6 Å². The lowest BCUT2D eigenvalue weighted by Crippen LogP contribution is -2.37. The van der Waals surface area contributed by atoms with Crippen molar-refractivity contribution in [2.45, 2.75) is 50.6 Å². The van der Waals surface area contributed by atoms with Gasteiger partial charge in [0.15, 0.2) is 17.3 Å². The molecular formula is C27H21Br2F3N2O5. The van der Waals surface area contributed by atoms with Crippen LogP contribution in [0.2, 0.25) is 0 Å². The van der Waals surface area contributed by atoms with Gasteiger partial charge in [-0.15, -0.1) is 0 Å². The zero-order valence-corrected chi connectivity index (χ0v) is 23.7. The minimum Gasteiger partial charge on any atom is -0.448 e. The first-order valence-electron chi connectivity index (χ1n) is 12.2. The van der Waals surface area contributed by atoms with Gasteiger partial charge in [-0.1, -0.05) is 0 Å². The molecule has 0 saturated heterocycles. The highest BCUT2D eigenvalue weighted by atomic mass is 79.9. The monoisotopic (exact) mass is 668 g/mol. The Hall–Kier alpha value is -2.99. The fourth-order valence-corrected chi connectivity index (χ4v) is 6.95. The number of Topliss-reactive ketones (excluding diaryl/α,β-unsaturated/α-hetero) is 2. The number of benzene rings is 2. The van der Waals surface area contributed by atoms with E-state index in [2.05, 4.69) is 31.9 Å². The number of halogens is 5. The zero-order valence-electron chi connectivity index (χ0n) is 20.5. The van der Waals surface area contributed by atoms with Crippen molar-refractivity contribution in [3.63, 3.8) is 0 Å². The van der Waals surface area contributed by atoms with Gasteiger partial charge in [-0.25, -0.2) is 0 Å². The largest absolute Gasteiger partial charge is 0.448 e. The minimum atomic E-state index is -4.76. The van der Waals surface area contributed by atoms with E-state index in [4.69, 9.17) is 4.74 Å². The highest BCUT2D eigenvalue weighted by Crippen LogP contribution is 2.51. The second kappa shape index (κ2) is 10.2. The van der Waals surface area contributed by atoms with Crippen molar-refractivity contribution in [1.29, 1.82) is 0 Å². The summed E-state index contributed by atoms with van der Waals surface area (Å²) in [5, 5.41) is 11.5. The summed E-state index contributed by atoms with van der Waals surface area (Å²) in [4.78, 5) is 39.0. The summed E-state index contributed by atoms with van der Waals surface area (Å²) < 4.78 is 45.8. The van der Waals surface area contributed by atoms with E-state index in [1.54, 1.807) is 12.1 Å². The molecule has 204 valence electrons. The topological polar surface area (TPSA) is 89.8 Å². The average Bonchev–Trinajstić information content (AvgIpc) is 2.86. The highest BCUT2D eigenvalue weighted by Gasteiger charge is 2.42. The van der Waals surface area contributed by atoms with Crippen LogP contribution in [0.15, 0.2) is 61.8 Å². The molecule has 7 nitrogen and oxygen atoms in total. The molecule has 0 unspecified atom stereocenters. The molecule has 0 N–H and O–H groups in total. The summed E-state index contributed by atoms with van der Waals surface area (Å²) >= 11 is 6.86. The van der Waals surface area contributed by atoms with E-state index in [0.717, 1.165) is 43.1 Å². The van der Waals surface area contributed by atoms with Gasteiger partial charge in [-0.05, 0) is 87.4 Å². The van der Waals surface area contributed by atoms with E-state index in [1.165, 1.54) is 0 Å². The quantitative estimate of drug-likeness (QED) is 0.242. The molecule has 12 heteroatoms. The zero-order chi connectivity index (χ0) is 28.2. The Labute approximate surface area is 238 Å². The molecule has 1 aliphatic heterocycles. The number of carbonyl (C=O) groups excluding carboxylic acids is 2. The molecular weight excluding hydrogens is 649 g/mol. The van der Waals surface area contributed by atoms with Crippen molar-refractivity contribution in [2.75, 3.05) is 7.05 Å². The number of ether oxygens (including phenoxy) is 1. The van der Waals surface area contributed by atoms with E-state index < -0.39 is 28.3 Å². The number of alkyl halides is 3. The van der Waals surface area contributed by atoms with Gasteiger partial charge in [0.1, 0.15) is 0 Å². The molecule has 0 saturated carbocycles. The Balaban J connectivity index is 1.60. The van der Waals surface area contributed by atoms with Crippen LogP contribution >= 0.6 is 31.9 Å². The Morgan fingerprint density at radius 3 is 1.97 bits per heavy atom. The smallest absolute Gasteiger partial charge is 0.416 e. The first-order chi connectivity index (χ1) is 18.4. The van der Waals surface area contributed by atoms with Gasteiger partial charge in [0.2, 0.25) is 5.75 Å². The van der Waals surface area contributed by atoms with E-state index in [-0.39, 0.29) is 23.1 Å². The molecule has 0 radical (unpaired) electrons. The molecule has 0 fully saturated rings. The maximum atomic E-state index is 13.2. The van der Waals surface area contributed by atoms with Gasteiger partial charge in [0.25, 0.3) is 0 Å². The second-order valence-electron chi connectivity index (χ2n) is 9.62. The number of hydrogen-bond acceptors (Lipinski definition) is 6. The van der Waals surface area contributed by atoms with Crippen LogP contribution in [0.5, 0.6) is 11.5 Å². The van der Waals surface area contributed by atoms with Crippen molar-refractivity contribution in [1.82, 2.24) is 4.90 Å². The molecule has 2 aromatic carbocycles.